The van der Waals surface area contributed by atoms with Crippen molar-refractivity contribution in [3.05, 3.63) is 18.2 Å². The minimum Gasteiger partial charge on any atom is -0.395 e. The van der Waals surface area contributed by atoms with Crippen molar-refractivity contribution < 1.29 is 5.11 Å². The van der Waals surface area contributed by atoms with Crippen LogP contribution >= 0.6 is 0 Å². The lowest BCUT2D eigenvalue weighted by Gasteiger charge is -2.43. The number of hydrogen-bond donors (Lipinski definition) is 1. The van der Waals surface area contributed by atoms with Crippen LogP contribution in [0.1, 0.15) is 39.4 Å². The molecule has 0 radical (unpaired) electrons. The number of aliphatic hydroxyl groups excluding tert-OH is 1. The highest BCUT2D eigenvalue weighted by atomic mass is 16.3. The van der Waals surface area contributed by atoms with Crippen LogP contribution in [0.5, 0.6) is 0 Å². The minimum absolute atomic E-state index is 0.253. The first-order valence-corrected chi connectivity index (χ1v) is 6.90. The van der Waals surface area contributed by atoms with Crippen LogP contribution in [0.2, 0.25) is 0 Å². The van der Waals surface area contributed by atoms with Crippen molar-refractivity contribution in [1.82, 2.24) is 14.5 Å². The maximum atomic E-state index is 9.52. The van der Waals surface area contributed by atoms with Crippen molar-refractivity contribution in [3.63, 3.8) is 0 Å². The van der Waals surface area contributed by atoms with Crippen LogP contribution in [0, 0.1) is 5.41 Å². The third kappa shape index (κ3) is 2.93. The number of nitrogens with zero attached hydrogens (tertiary/aromatic N) is 3. The molecule has 1 aliphatic rings. The summed E-state index contributed by atoms with van der Waals surface area (Å²) >= 11 is 0. The maximum absolute atomic E-state index is 9.52. The van der Waals surface area contributed by atoms with Gasteiger partial charge in [0.1, 0.15) is 5.82 Å². The van der Waals surface area contributed by atoms with Gasteiger partial charge in [-0.15, -0.1) is 0 Å². The van der Waals surface area contributed by atoms with E-state index in [1.807, 2.05) is 12.4 Å². The van der Waals surface area contributed by atoms with Gasteiger partial charge >= 0.3 is 0 Å². The summed E-state index contributed by atoms with van der Waals surface area (Å²) in [6, 6.07) is 0.292. The first-order valence-electron chi connectivity index (χ1n) is 6.90. The molecular weight excluding hydrogens is 226 g/mol. The molecule has 2 rings (SSSR count). The highest BCUT2D eigenvalue weighted by Crippen LogP contribution is 2.32. The number of hydrogen-bond acceptors (Lipinski definition) is 3. The lowest BCUT2D eigenvalue weighted by Crippen LogP contribution is -2.48. The minimum atomic E-state index is 0.253. The zero-order chi connectivity index (χ0) is 13.2. The standard InChI is InChI=1S/C14H25N3O/c1-4-16-8-7-15-13(16)9-17-11-14(2,3)6-5-12(17)10-18/h7-8,12,18H,4-6,9-11H2,1-3H3. The molecule has 1 N–H and O–H groups in total. The van der Waals surface area contributed by atoms with Gasteiger partial charge in [-0.3, -0.25) is 4.90 Å². The summed E-state index contributed by atoms with van der Waals surface area (Å²) < 4.78 is 2.18. The zero-order valence-electron chi connectivity index (χ0n) is 11.8. The molecule has 0 aliphatic carbocycles. The summed E-state index contributed by atoms with van der Waals surface area (Å²) in [6.45, 7) is 9.83. The third-order valence-electron chi connectivity index (χ3n) is 4.00. The molecule has 4 nitrogen and oxygen atoms in total. The van der Waals surface area contributed by atoms with Crippen LogP contribution in [0.15, 0.2) is 12.4 Å². The predicted molar refractivity (Wildman–Crippen MR) is 72.2 cm³/mol. The van der Waals surface area contributed by atoms with Crippen molar-refractivity contribution in [2.75, 3.05) is 13.2 Å². The van der Waals surface area contributed by atoms with Gasteiger partial charge in [0.2, 0.25) is 0 Å². The van der Waals surface area contributed by atoms with Crippen LogP contribution in [-0.2, 0) is 13.1 Å². The zero-order valence-corrected chi connectivity index (χ0v) is 11.8. The van der Waals surface area contributed by atoms with Gasteiger partial charge in [-0.25, -0.2) is 4.98 Å². The fourth-order valence-electron chi connectivity index (χ4n) is 2.85. The van der Waals surface area contributed by atoms with Crippen molar-refractivity contribution in [3.8, 4) is 0 Å². The second kappa shape index (κ2) is 5.41. The molecule has 0 spiro atoms. The van der Waals surface area contributed by atoms with Crippen LogP contribution in [0.4, 0.5) is 0 Å². The molecule has 4 heteroatoms. The normalized spacial score (nSPS) is 24.3. The lowest BCUT2D eigenvalue weighted by molar-refractivity contribution is 0.0239. The quantitative estimate of drug-likeness (QED) is 0.888. The average molecular weight is 251 g/mol. The van der Waals surface area contributed by atoms with Gasteiger partial charge in [0.15, 0.2) is 0 Å². The lowest BCUT2D eigenvalue weighted by atomic mass is 9.81. The summed E-state index contributed by atoms with van der Waals surface area (Å²) in [4.78, 5) is 6.82. The topological polar surface area (TPSA) is 41.3 Å². The van der Waals surface area contributed by atoms with Crippen molar-refractivity contribution >= 4 is 0 Å². The van der Waals surface area contributed by atoms with Gasteiger partial charge < -0.3 is 9.67 Å². The van der Waals surface area contributed by atoms with E-state index in [4.69, 9.17) is 0 Å². The Morgan fingerprint density at radius 2 is 2.28 bits per heavy atom. The number of aliphatic hydroxyl groups is 1. The number of aryl methyl sites for hydroxylation is 1. The second-order valence-electron chi connectivity index (χ2n) is 6.07. The summed E-state index contributed by atoms with van der Waals surface area (Å²) in [7, 11) is 0. The summed E-state index contributed by atoms with van der Waals surface area (Å²) in [6.07, 6.45) is 6.16. The van der Waals surface area contributed by atoms with Crippen LogP contribution in [0.25, 0.3) is 0 Å². The molecule has 1 saturated heterocycles. The SMILES string of the molecule is CCn1ccnc1CN1CC(C)(C)CCC1CO. The molecule has 0 amide bonds. The van der Waals surface area contributed by atoms with E-state index in [0.29, 0.717) is 11.5 Å². The summed E-state index contributed by atoms with van der Waals surface area (Å²) in [5.74, 6) is 1.11. The highest BCUT2D eigenvalue weighted by molar-refractivity contribution is 4.95. The average Bonchev–Trinajstić information content (AvgIpc) is 2.75. The third-order valence-corrected chi connectivity index (χ3v) is 4.00. The molecule has 2 heterocycles. The Hall–Kier alpha value is -0.870. The molecular formula is C14H25N3O. The second-order valence-corrected chi connectivity index (χ2v) is 6.07. The monoisotopic (exact) mass is 251 g/mol. The van der Waals surface area contributed by atoms with Crippen LogP contribution < -0.4 is 0 Å². The molecule has 0 aromatic carbocycles. The van der Waals surface area contributed by atoms with Gasteiger partial charge in [-0.2, -0.15) is 0 Å². The Bertz CT molecular complexity index is 386. The fourth-order valence-corrected chi connectivity index (χ4v) is 2.85. The van der Waals surface area contributed by atoms with E-state index in [-0.39, 0.29) is 6.61 Å². The highest BCUT2D eigenvalue weighted by Gasteiger charge is 2.33. The van der Waals surface area contributed by atoms with E-state index in [1.54, 1.807) is 0 Å². The van der Waals surface area contributed by atoms with Gasteiger partial charge in [-0.1, -0.05) is 13.8 Å². The molecule has 0 bridgehead atoms. The maximum Gasteiger partial charge on any atom is 0.122 e. The van der Waals surface area contributed by atoms with Crippen molar-refractivity contribution in [2.24, 2.45) is 5.41 Å². The molecule has 18 heavy (non-hydrogen) atoms. The summed E-state index contributed by atoms with van der Waals surface area (Å²) in [5, 5.41) is 9.52. The number of rotatable bonds is 4. The van der Waals surface area contributed by atoms with Crippen LogP contribution in [0.3, 0.4) is 0 Å². The first kappa shape index (κ1) is 13.6. The molecule has 1 fully saturated rings. The Balaban J connectivity index is 2.09. The van der Waals surface area contributed by atoms with Crippen molar-refractivity contribution in [2.45, 2.75) is 52.7 Å². The Labute approximate surface area is 110 Å². The molecule has 102 valence electrons. The van der Waals surface area contributed by atoms with Gasteiger partial charge in [-0.05, 0) is 25.2 Å². The summed E-state index contributed by atoms with van der Waals surface area (Å²) in [5.41, 5.74) is 0.343. The number of piperidine rings is 1. The smallest absolute Gasteiger partial charge is 0.122 e. The Morgan fingerprint density at radius 3 is 2.94 bits per heavy atom. The van der Waals surface area contributed by atoms with E-state index in [0.717, 1.165) is 31.9 Å². The number of aromatic nitrogens is 2. The molecule has 1 aromatic heterocycles. The molecule has 1 atom stereocenters. The van der Waals surface area contributed by atoms with Crippen LogP contribution in [-0.4, -0.2) is 38.8 Å². The molecule has 0 saturated carbocycles. The van der Waals surface area contributed by atoms with E-state index in [1.165, 1.54) is 6.42 Å². The fraction of sp³-hybridized carbons (Fsp3) is 0.786. The Morgan fingerprint density at radius 1 is 1.50 bits per heavy atom. The molecule has 1 aromatic rings. The van der Waals surface area contributed by atoms with E-state index >= 15 is 0 Å². The number of likely N-dealkylation sites (tertiary alicyclic amines) is 1. The van der Waals surface area contributed by atoms with Gasteiger partial charge in [0.25, 0.3) is 0 Å². The largest absolute Gasteiger partial charge is 0.395 e. The Kier molecular flexibility index (Phi) is 4.07. The van der Waals surface area contributed by atoms with Crippen molar-refractivity contribution in [1.29, 1.82) is 0 Å². The van der Waals surface area contributed by atoms with E-state index in [9.17, 15) is 5.11 Å². The predicted octanol–water partition coefficient (Wildman–Crippen LogP) is 1.89. The molecule has 1 unspecified atom stereocenters. The van der Waals surface area contributed by atoms with E-state index in [2.05, 4.69) is 35.2 Å². The van der Waals surface area contributed by atoms with Gasteiger partial charge in [0.05, 0.1) is 13.2 Å². The van der Waals surface area contributed by atoms with Gasteiger partial charge in [0, 0.05) is 31.5 Å². The van der Waals surface area contributed by atoms with E-state index < -0.39 is 0 Å². The molecule has 1 aliphatic heterocycles. The first-order chi connectivity index (χ1) is 8.55. The number of imidazole rings is 1.